The molecule has 0 bridgehead atoms. The van der Waals surface area contributed by atoms with Gasteiger partial charge in [-0.3, -0.25) is 10.1 Å². The molecule has 0 spiro atoms. The van der Waals surface area contributed by atoms with Gasteiger partial charge in [-0.25, -0.2) is 17.8 Å². The normalized spacial score (nSPS) is 12.4. The number of carbonyl (C=O) groups is 1. The minimum atomic E-state index is -4.68. The second-order valence-corrected chi connectivity index (χ2v) is 8.02. The van der Waals surface area contributed by atoms with E-state index in [0.29, 0.717) is 16.7 Å². The van der Waals surface area contributed by atoms with Crippen LogP contribution in [0.15, 0.2) is 28.5 Å². The van der Waals surface area contributed by atoms with Crippen molar-refractivity contribution in [1.29, 1.82) is 0 Å². The molecule has 0 unspecified atom stereocenters. The fourth-order valence-electron chi connectivity index (χ4n) is 2.18. The molecule has 1 aromatic heterocycles. The summed E-state index contributed by atoms with van der Waals surface area (Å²) in [5.74, 6) is -2.12. The van der Waals surface area contributed by atoms with Gasteiger partial charge < -0.3 is 0 Å². The first-order valence-corrected chi connectivity index (χ1v) is 9.96. The Morgan fingerprint density at radius 3 is 2.41 bits per heavy atom. The minimum Gasteiger partial charge on any atom is -0.298 e. The van der Waals surface area contributed by atoms with Crippen LogP contribution in [-0.4, -0.2) is 36.7 Å². The Hall–Kier alpha value is -2.05. The average molecular weight is 425 g/mol. The van der Waals surface area contributed by atoms with Crippen molar-refractivity contribution >= 4 is 32.4 Å². The summed E-state index contributed by atoms with van der Waals surface area (Å²) in [6, 6.07) is 2.68. The monoisotopic (exact) mass is 425 g/mol. The van der Waals surface area contributed by atoms with E-state index in [9.17, 15) is 30.8 Å². The molecule has 0 radical (unpaired) electrons. The van der Waals surface area contributed by atoms with E-state index < -0.39 is 39.2 Å². The lowest BCUT2D eigenvalue weighted by atomic mass is 10.2. The Balaban J connectivity index is 2.33. The number of aromatic nitrogens is 1. The molecule has 1 N–H and O–H groups in total. The number of halogens is 4. The Morgan fingerprint density at radius 2 is 1.89 bits per heavy atom. The second kappa shape index (κ2) is 7.90. The zero-order valence-corrected chi connectivity index (χ0v) is 15.8. The molecule has 1 amide bonds. The van der Waals surface area contributed by atoms with Crippen LogP contribution in [0.25, 0.3) is 0 Å². The SMILES string of the molecule is CCN(CC)S(=O)(=O)c1ccc(F)c(C(=O)Nc2nc(C(F)(F)F)cs2)c1. The van der Waals surface area contributed by atoms with Crippen molar-refractivity contribution in [1.82, 2.24) is 9.29 Å². The number of nitrogens with zero attached hydrogens (tertiary/aromatic N) is 2. The fourth-order valence-corrected chi connectivity index (χ4v) is 4.37. The molecule has 1 aromatic carbocycles. The summed E-state index contributed by atoms with van der Waals surface area (Å²) < 4.78 is 77.8. The summed E-state index contributed by atoms with van der Waals surface area (Å²) in [6.07, 6.45) is -4.68. The molecule has 12 heteroatoms. The van der Waals surface area contributed by atoms with Crippen LogP contribution in [0.4, 0.5) is 22.7 Å². The number of anilines is 1. The van der Waals surface area contributed by atoms with Gasteiger partial charge in [0.15, 0.2) is 10.8 Å². The highest BCUT2D eigenvalue weighted by molar-refractivity contribution is 7.89. The standard InChI is InChI=1S/C15H15F4N3O3S2/c1-3-22(4-2)27(24,25)9-5-6-11(16)10(7-9)13(23)21-14-20-12(8-26-14)15(17,18)19/h5-8H,3-4H2,1-2H3,(H,20,21,23). The van der Waals surface area contributed by atoms with Crippen molar-refractivity contribution in [3.63, 3.8) is 0 Å². The molecule has 0 fully saturated rings. The third kappa shape index (κ3) is 4.62. The summed E-state index contributed by atoms with van der Waals surface area (Å²) in [5.41, 5.74) is -1.81. The quantitative estimate of drug-likeness (QED) is 0.718. The number of thiazole rings is 1. The van der Waals surface area contributed by atoms with Gasteiger partial charge in [0, 0.05) is 18.5 Å². The highest BCUT2D eigenvalue weighted by Gasteiger charge is 2.34. The molecule has 0 aliphatic heterocycles. The van der Waals surface area contributed by atoms with Gasteiger partial charge in [0.1, 0.15) is 5.82 Å². The van der Waals surface area contributed by atoms with Crippen molar-refractivity contribution in [2.75, 3.05) is 18.4 Å². The van der Waals surface area contributed by atoms with Gasteiger partial charge in [0.2, 0.25) is 10.0 Å². The van der Waals surface area contributed by atoms with Gasteiger partial charge in [-0.15, -0.1) is 11.3 Å². The third-order valence-electron chi connectivity index (χ3n) is 3.54. The Labute approximate surface area is 156 Å². The molecule has 2 aromatic rings. The van der Waals surface area contributed by atoms with Gasteiger partial charge in [-0.05, 0) is 18.2 Å². The molecule has 0 aliphatic rings. The van der Waals surface area contributed by atoms with E-state index in [0.717, 1.165) is 22.5 Å². The summed E-state index contributed by atoms with van der Waals surface area (Å²) in [6.45, 7) is 3.60. The molecule has 148 valence electrons. The van der Waals surface area contributed by atoms with Gasteiger partial charge in [0.05, 0.1) is 10.5 Å². The summed E-state index contributed by atoms with van der Waals surface area (Å²) in [7, 11) is -3.94. The molecular formula is C15H15F4N3O3S2. The fraction of sp³-hybridized carbons (Fsp3) is 0.333. The van der Waals surface area contributed by atoms with Gasteiger partial charge in [-0.2, -0.15) is 17.5 Å². The lowest BCUT2D eigenvalue weighted by molar-refractivity contribution is -0.140. The molecule has 0 atom stereocenters. The molecule has 1 heterocycles. The van der Waals surface area contributed by atoms with E-state index in [1.807, 2.05) is 5.32 Å². The first-order valence-electron chi connectivity index (χ1n) is 7.64. The Bertz CT molecular complexity index is 938. The van der Waals surface area contributed by atoms with Crippen LogP contribution in [0, 0.1) is 5.82 Å². The van der Waals surface area contributed by atoms with E-state index in [1.165, 1.54) is 0 Å². The number of carbonyl (C=O) groups excluding carboxylic acids is 1. The highest BCUT2D eigenvalue weighted by Crippen LogP contribution is 2.32. The number of alkyl halides is 3. The maximum atomic E-state index is 14.0. The largest absolute Gasteiger partial charge is 0.434 e. The molecule has 2 rings (SSSR count). The summed E-state index contributed by atoms with van der Waals surface area (Å²) in [4.78, 5) is 15.1. The summed E-state index contributed by atoms with van der Waals surface area (Å²) >= 11 is 0.515. The smallest absolute Gasteiger partial charge is 0.298 e. The predicted molar refractivity (Wildman–Crippen MR) is 91.6 cm³/mol. The lowest BCUT2D eigenvalue weighted by Crippen LogP contribution is -2.31. The number of sulfonamides is 1. The number of hydrogen-bond acceptors (Lipinski definition) is 5. The van der Waals surface area contributed by atoms with Gasteiger partial charge >= 0.3 is 6.18 Å². The van der Waals surface area contributed by atoms with Gasteiger partial charge in [-0.1, -0.05) is 13.8 Å². The van der Waals surface area contributed by atoms with Crippen LogP contribution in [-0.2, 0) is 16.2 Å². The second-order valence-electron chi connectivity index (χ2n) is 5.22. The number of nitrogens with one attached hydrogen (secondary N) is 1. The third-order valence-corrected chi connectivity index (χ3v) is 6.34. The van der Waals surface area contributed by atoms with E-state index in [1.54, 1.807) is 13.8 Å². The molecule has 6 nitrogen and oxygen atoms in total. The Morgan fingerprint density at radius 1 is 1.26 bits per heavy atom. The van der Waals surface area contributed by atoms with Crippen molar-refractivity contribution in [3.8, 4) is 0 Å². The van der Waals surface area contributed by atoms with E-state index in [-0.39, 0.29) is 23.1 Å². The summed E-state index contributed by atoms with van der Waals surface area (Å²) in [5, 5.41) is 2.36. The van der Waals surface area contributed by atoms with Crippen LogP contribution in [0.1, 0.15) is 29.9 Å². The number of amides is 1. The topological polar surface area (TPSA) is 79.4 Å². The van der Waals surface area contributed by atoms with Crippen LogP contribution in [0.2, 0.25) is 0 Å². The molecule has 0 saturated heterocycles. The van der Waals surface area contributed by atoms with Gasteiger partial charge in [0.25, 0.3) is 5.91 Å². The Kier molecular flexibility index (Phi) is 6.22. The van der Waals surface area contributed by atoms with Crippen molar-refractivity contribution in [2.24, 2.45) is 0 Å². The van der Waals surface area contributed by atoms with Crippen molar-refractivity contribution < 1.29 is 30.8 Å². The molecule has 0 saturated carbocycles. The van der Waals surface area contributed by atoms with Crippen LogP contribution >= 0.6 is 11.3 Å². The lowest BCUT2D eigenvalue weighted by Gasteiger charge is -2.18. The zero-order valence-electron chi connectivity index (χ0n) is 14.2. The van der Waals surface area contributed by atoms with Crippen LogP contribution in [0.3, 0.4) is 0 Å². The minimum absolute atomic E-state index is 0.178. The number of benzene rings is 1. The molecule has 27 heavy (non-hydrogen) atoms. The maximum Gasteiger partial charge on any atom is 0.434 e. The zero-order chi connectivity index (χ0) is 20.4. The first kappa shape index (κ1) is 21.3. The molecule has 0 aliphatic carbocycles. The van der Waals surface area contributed by atoms with Crippen LogP contribution in [0.5, 0.6) is 0 Å². The maximum absolute atomic E-state index is 14.0. The number of rotatable bonds is 6. The van der Waals surface area contributed by atoms with E-state index in [2.05, 4.69) is 4.98 Å². The van der Waals surface area contributed by atoms with Crippen molar-refractivity contribution in [3.05, 3.63) is 40.7 Å². The van der Waals surface area contributed by atoms with Crippen LogP contribution < -0.4 is 5.32 Å². The van der Waals surface area contributed by atoms with E-state index in [4.69, 9.17) is 0 Å². The average Bonchev–Trinajstić information content (AvgIpc) is 3.04. The molecular weight excluding hydrogens is 410 g/mol. The number of hydrogen-bond donors (Lipinski definition) is 1. The first-order chi connectivity index (χ1) is 12.5. The predicted octanol–water partition coefficient (Wildman–Crippen LogP) is 3.58. The van der Waals surface area contributed by atoms with E-state index >= 15 is 0 Å². The van der Waals surface area contributed by atoms with Crippen molar-refractivity contribution in [2.45, 2.75) is 24.9 Å². The highest BCUT2D eigenvalue weighted by atomic mass is 32.2.